The van der Waals surface area contributed by atoms with Gasteiger partial charge < -0.3 is 10.1 Å². The summed E-state index contributed by atoms with van der Waals surface area (Å²) in [7, 11) is 1.34. The van der Waals surface area contributed by atoms with Gasteiger partial charge in [0.15, 0.2) is 0 Å². The lowest BCUT2D eigenvalue weighted by Gasteiger charge is -2.23. The van der Waals surface area contributed by atoms with Gasteiger partial charge in [-0.15, -0.1) is 5.11 Å². The monoisotopic (exact) mass is 283 g/mol. The first-order valence-corrected chi connectivity index (χ1v) is 6.48. The lowest BCUT2D eigenvalue weighted by atomic mass is 9.94. The highest BCUT2D eigenvalue weighted by atomic mass is 16.5. The summed E-state index contributed by atoms with van der Waals surface area (Å²) >= 11 is 0. The Hall–Kier alpha value is -2.76. The van der Waals surface area contributed by atoms with Gasteiger partial charge in [0.1, 0.15) is 11.7 Å². The van der Waals surface area contributed by atoms with Gasteiger partial charge in [0.05, 0.1) is 12.7 Å². The first kappa shape index (κ1) is 13.2. The van der Waals surface area contributed by atoms with Crippen molar-refractivity contribution < 1.29 is 14.3 Å². The molecule has 2 aliphatic heterocycles. The number of carbonyl (C=O) groups excluding carboxylic acids is 2. The molecule has 1 aromatic carbocycles. The van der Waals surface area contributed by atoms with E-state index in [9.17, 15) is 9.59 Å². The van der Waals surface area contributed by atoms with Crippen molar-refractivity contribution in [1.29, 1.82) is 0 Å². The molecule has 0 aromatic heterocycles. The van der Waals surface area contributed by atoms with Crippen LogP contribution in [0.1, 0.15) is 22.0 Å². The summed E-state index contributed by atoms with van der Waals surface area (Å²) in [5, 5.41) is 10.8. The van der Waals surface area contributed by atoms with Crippen LogP contribution in [-0.2, 0) is 9.53 Å². The van der Waals surface area contributed by atoms with E-state index in [4.69, 9.17) is 0 Å². The summed E-state index contributed by atoms with van der Waals surface area (Å²) in [6.45, 7) is 0.605. The van der Waals surface area contributed by atoms with Gasteiger partial charge in [-0.25, -0.2) is 4.79 Å². The average Bonchev–Trinajstić information content (AvgIpc) is 2.55. The zero-order valence-electron chi connectivity index (χ0n) is 11.4. The lowest BCUT2D eigenvalue weighted by Crippen LogP contribution is -2.27. The van der Waals surface area contributed by atoms with Gasteiger partial charge in [-0.3, -0.25) is 4.79 Å². The van der Waals surface area contributed by atoms with Crippen LogP contribution in [0.3, 0.4) is 0 Å². The van der Waals surface area contributed by atoms with E-state index in [0.717, 1.165) is 11.1 Å². The zero-order chi connectivity index (χ0) is 14.8. The lowest BCUT2D eigenvalue weighted by molar-refractivity contribution is -0.115. The number of methoxy groups -OCH3 is 1. The SMILES string of the molecule is COC(=O)c1ccc(C2N=NC(=O)C3=C2C=CCN3)cc1. The topological polar surface area (TPSA) is 80.1 Å². The number of azo groups is 1. The maximum absolute atomic E-state index is 11.7. The molecule has 0 bridgehead atoms. The van der Waals surface area contributed by atoms with Crippen LogP contribution in [0.15, 0.2) is 57.9 Å². The molecule has 0 spiro atoms. The Labute approximate surface area is 121 Å². The van der Waals surface area contributed by atoms with Crippen molar-refractivity contribution in [1.82, 2.24) is 5.32 Å². The summed E-state index contributed by atoms with van der Waals surface area (Å²) < 4.78 is 4.67. The highest BCUT2D eigenvalue weighted by Crippen LogP contribution is 2.33. The average molecular weight is 283 g/mol. The van der Waals surface area contributed by atoms with Gasteiger partial charge in [-0.05, 0) is 17.7 Å². The van der Waals surface area contributed by atoms with Crippen molar-refractivity contribution >= 4 is 11.9 Å². The smallest absolute Gasteiger partial charge is 0.337 e. The molecule has 0 saturated heterocycles. The molecule has 1 amide bonds. The van der Waals surface area contributed by atoms with E-state index >= 15 is 0 Å². The van der Waals surface area contributed by atoms with Gasteiger partial charge >= 0.3 is 11.9 Å². The van der Waals surface area contributed by atoms with E-state index in [2.05, 4.69) is 20.3 Å². The molecule has 106 valence electrons. The number of rotatable bonds is 2. The second-order valence-corrected chi connectivity index (χ2v) is 4.65. The van der Waals surface area contributed by atoms with Crippen LogP contribution in [0.5, 0.6) is 0 Å². The maximum Gasteiger partial charge on any atom is 0.337 e. The van der Waals surface area contributed by atoms with E-state index in [1.807, 2.05) is 12.2 Å². The summed E-state index contributed by atoms with van der Waals surface area (Å²) in [6.07, 6.45) is 3.82. The number of hydrogen-bond donors (Lipinski definition) is 1. The number of benzene rings is 1. The molecule has 2 aliphatic rings. The highest BCUT2D eigenvalue weighted by Gasteiger charge is 2.28. The molecule has 1 aromatic rings. The highest BCUT2D eigenvalue weighted by molar-refractivity contribution is 5.96. The number of dihydropyridines is 1. The van der Waals surface area contributed by atoms with Gasteiger partial charge in [0, 0.05) is 12.1 Å². The molecular weight excluding hydrogens is 270 g/mol. The Balaban J connectivity index is 1.95. The molecule has 0 saturated carbocycles. The molecule has 0 radical (unpaired) electrons. The third kappa shape index (κ3) is 2.35. The van der Waals surface area contributed by atoms with E-state index in [-0.39, 0.29) is 17.9 Å². The third-order valence-electron chi connectivity index (χ3n) is 3.40. The fourth-order valence-electron chi connectivity index (χ4n) is 2.35. The van der Waals surface area contributed by atoms with Crippen molar-refractivity contribution in [3.63, 3.8) is 0 Å². The molecular formula is C15H13N3O3. The molecule has 2 heterocycles. The first-order chi connectivity index (χ1) is 10.2. The molecule has 0 aliphatic carbocycles. The van der Waals surface area contributed by atoms with Crippen LogP contribution in [0.25, 0.3) is 0 Å². The number of carbonyl (C=O) groups is 2. The summed E-state index contributed by atoms with van der Waals surface area (Å²) in [4.78, 5) is 23.1. The number of ether oxygens (including phenoxy) is 1. The van der Waals surface area contributed by atoms with Gasteiger partial charge in [-0.2, -0.15) is 5.11 Å². The van der Waals surface area contributed by atoms with E-state index in [0.29, 0.717) is 17.8 Å². The fraction of sp³-hybridized carbons (Fsp3) is 0.200. The van der Waals surface area contributed by atoms with Gasteiger partial charge in [0.2, 0.25) is 0 Å². The summed E-state index contributed by atoms with van der Waals surface area (Å²) in [5.74, 6) is -0.738. The molecule has 6 nitrogen and oxygen atoms in total. The number of hydrogen-bond acceptors (Lipinski definition) is 5. The zero-order valence-corrected chi connectivity index (χ0v) is 11.4. The summed E-state index contributed by atoms with van der Waals surface area (Å²) in [5.41, 5.74) is 2.62. The predicted molar refractivity (Wildman–Crippen MR) is 74.6 cm³/mol. The van der Waals surface area contributed by atoms with Crippen molar-refractivity contribution in [2.24, 2.45) is 10.2 Å². The molecule has 1 N–H and O–H groups in total. The minimum atomic E-state index is -0.388. The number of nitrogens with one attached hydrogen (secondary N) is 1. The Bertz CT molecular complexity index is 687. The van der Waals surface area contributed by atoms with Crippen LogP contribution >= 0.6 is 0 Å². The minimum Gasteiger partial charge on any atom is -0.465 e. The maximum atomic E-state index is 11.7. The normalized spacial score (nSPS) is 20.0. The van der Waals surface area contributed by atoms with Crippen molar-refractivity contribution in [3.8, 4) is 0 Å². The van der Waals surface area contributed by atoms with E-state index in [1.54, 1.807) is 24.3 Å². The van der Waals surface area contributed by atoms with E-state index in [1.165, 1.54) is 7.11 Å². The van der Waals surface area contributed by atoms with Crippen LogP contribution in [0.2, 0.25) is 0 Å². The Morgan fingerprint density at radius 2 is 2.10 bits per heavy atom. The van der Waals surface area contributed by atoms with Crippen molar-refractivity contribution in [2.75, 3.05) is 13.7 Å². The van der Waals surface area contributed by atoms with Crippen LogP contribution in [0, 0.1) is 0 Å². The first-order valence-electron chi connectivity index (χ1n) is 6.48. The molecule has 1 atom stereocenters. The Kier molecular flexibility index (Phi) is 3.35. The minimum absolute atomic E-state index is 0.339. The van der Waals surface area contributed by atoms with Crippen molar-refractivity contribution in [2.45, 2.75) is 6.04 Å². The summed E-state index contributed by atoms with van der Waals surface area (Å²) in [6, 6.07) is 6.59. The number of esters is 1. The quantitative estimate of drug-likeness (QED) is 0.841. The number of amides is 1. The van der Waals surface area contributed by atoms with E-state index < -0.39 is 0 Å². The van der Waals surface area contributed by atoms with Crippen LogP contribution < -0.4 is 5.32 Å². The van der Waals surface area contributed by atoms with Gasteiger partial charge in [-0.1, -0.05) is 24.3 Å². The second-order valence-electron chi connectivity index (χ2n) is 4.65. The van der Waals surface area contributed by atoms with Gasteiger partial charge in [0.25, 0.3) is 0 Å². The predicted octanol–water partition coefficient (Wildman–Crippen LogP) is 1.92. The molecule has 1 unspecified atom stereocenters. The largest absolute Gasteiger partial charge is 0.465 e. The molecule has 0 fully saturated rings. The molecule has 21 heavy (non-hydrogen) atoms. The standard InChI is InChI=1S/C15H13N3O3/c1-21-15(20)10-6-4-9(5-7-10)12-11-3-2-8-16-13(11)14(19)18-17-12/h2-7,12,16H,8H2,1H3. The molecule has 3 rings (SSSR count). The molecule has 6 heteroatoms. The van der Waals surface area contributed by atoms with Crippen LogP contribution in [0.4, 0.5) is 0 Å². The fourth-order valence-corrected chi connectivity index (χ4v) is 2.35. The second kappa shape index (κ2) is 5.32. The van der Waals surface area contributed by atoms with Crippen molar-refractivity contribution in [3.05, 3.63) is 58.8 Å². The van der Waals surface area contributed by atoms with Crippen LogP contribution in [-0.4, -0.2) is 25.5 Å². The number of nitrogens with zero attached hydrogens (tertiary/aromatic N) is 2. The Morgan fingerprint density at radius 3 is 2.81 bits per heavy atom. The Morgan fingerprint density at radius 1 is 1.33 bits per heavy atom. The third-order valence-corrected chi connectivity index (χ3v) is 3.40.